The molecule has 0 radical (unpaired) electrons. The van der Waals surface area contributed by atoms with E-state index in [0.29, 0.717) is 0 Å². The van der Waals surface area contributed by atoms with Crippen LogP contribution in [0.25, 0.3) is 0 Å². The van der Waals surface area contributed by atoms with Gasteiger partial charge in [-0.3, -0.25) is 0 Å². The van der Waals surface area contributed by atoms with E-state index in [2.05, 4.69) is 59.7 Å². The molecule has 0 heterocycles. The molecule has 1 fully saturated rings. The zero-order valence-corrected chi connectivity index (χ0v) is 19.9. The second-order valence-electron chi connectivity index (χ2n) is 6.90. The Morgan fingerprint density at radius 3 is 1.71 bits per heavy atom. The van der Waals surface area contributed by atoms with E-state index < -0.39 is 20.8 Å². The van der Waals surface area contributed by atoms with Gasteiger partial charge in [0.05, 0.1) is 0 Å². The van der Waals surface area contributed by atoms with Crippen LogP contribution in [0.1, 0.15) is 70.5 Å². The van der Waals surface area contributed by atoms with Crippen molar-refractivity contribution in [3.8, 4) is 0 Å². The summed E-state index contributed by atoms with van der Waals surface area (Å²) in [6, 6.07) is 6.87. The summed E-state index contributed by atoms with van der Waals surface area (Å²) in [5, 5.41) is 0. The van der Waals surface area contributed by atoms with Crippen molar-refractivity contribution in [3.05, 3.63) is 57.1 Å². The summed E-state index contributed by atoms with van der Waals surface area (Å²) in [6.45, 7) is 13.2. The molecule has 0 atom stereocenters. The van der Waals surface area contributed by atoms with Crippen LogP contribution in [0.2, 0.25) is 0 Å². The molecule has 3 rings (SSSR count). The Kier molecular flexibility index (Phi) is 10.2. The van der Waals surface area contributed by atoms with E-state index in [0.717, 1.165) is 5.92 Å². The van der Waals surface area contributed by atoms with Crippen LogP contribution >= 0.6 is 17.0 Å². The predicted molar refractivity (Wildman–Crippen MR) is 105 cm³/mol. The first kappa shape index (κ1) is 22.2. The molecule has 0 aromatic heterocycles. The minimum absolute atomic E-state index is 0.826. The van der Waals surface area contributed by atoms with Crippen LogP contribution in [0.5, 0.6) is 0 Å². The van der Waals surface area contributed by atoms with E-state index >= 15 is 0 Å². The van der Waals surface area contributed by atoms with Crippen molar-refractivity contribution in [2.24, 2.45) is 0 Å². The first-order valence-corrected chi connectivity index (χ1v) is 15.1. The molecule has 0 N–H and O–H groups in total. The summed E-state index contributed by atoms with van der Waals surface area (Å²) in [7, 11) is 9.87. The molecule has 0 amide bonds. The predicted octanol–water partition coefficient (Wildman–Crippen LogP) is 7.70. The Labute approximate surface area is 167 Å². The van der Waals surface area contributed by atoms with Gasteiger partial charge < -0.3 is 0 Å². The second-order valence-corrected chi connectivity index (χ2v) is 10.6. The molecule has 0 spiro atoms. The van der Waals surface area contributed by atoms with Crippen LogP contribution in [-0.4, -0.2) is 0 Å². The summed E-state index contributed by atoms with van der Waals surface area (Å²) >= 11 is -0.826. The van der Waals surface area contributed by atoms with E-state index in [4.69, 9.17) is 17.0 Å². The Bertz CT molecular complexity index is 536. The number of halogens is 2. The van der Waals surface area contributed by atoms with E-state index in [1.807, 2.05) is 0 Å². The average Bonchev–Trinajstić information content (AvgIpc) is 3.26. The normalized spacial score (nSPS) is 13.7. The van der Waals surface area contributed by atoms with Gasteiger partial charge in [0.25, 0.3) is 0 Å². The van der Waals surface area contributed by atoms with E-state index in [1.54, 1.807) is 5.56 Å². The van der Waals surface area contributed by atoms with Crippen molar-refractivity contribution in [2.45, 2.75) is 73.1 Å². The van der Waals surface area contributed by atoms with E-state index in [1.165, 1.54) is 59.1 Å². The summed E-state index contributed by atoms with van der Waals surface area (Å²) in [5.41, 5.74) is 10.3. The van der Waals surface area contributed by atoms with Gasteiger partial charge in [0.15, 0.2) is 0 Å². The van der Waals surface area contributed by atoms with Crippen molar-refractivity contribution in [2.75, 3.05) is 0 Å². The average molecular weight is 445 g/mol. The van der Waals surface area contributed by atoms with Gasteiger partial charge in [-0.25, -0.2) is 6.07 Å². The molecule has 0 aliphatic heterocycles. The molecule has 1 aliphatic rings. The maximum atomic E-state index is 4.93. The Balaban J connectivity index is 0.000000208. The van der Waals surface area contributed by atoms with E-state index in [9.17, 15) is 0 Å². The summed E-state index contributed by atoms with van der Waals surface area (Å²) < 4.78 is 0. The molecule has 2 aromatic rings. The number of aryl methyl sites for hydroxylation is 1. The van der Waals surface area contributed by atoms with Gasteiger partial charge in [-0.05, 0) is 0 Å². The van der Waals surface area contributed by atoms with E-state index in [-0.39, 0.29) is 0 Å². The molecule has 3 heteroatoms. The molecule has 24 heavy (non-hydrogen) atoms. The fourth-order valence-corrected chi connectivity index (χ4v) is 3.51. The third kappa shape index (κ3) is 6.15. The minimum atomic E-state index is -0.826. The number of hydrogen-bond donors (Lipinski definition) is 0. The molecule has 2 aromatic carbocycles. The maximum absolute atomic E-state index is 4.93. The number of rotatable bonds is 1. The van der Waals surface area contributed by atoms with Crippen LogP contribution in [0.4, 0.5) is 0 Å². The van der Waals surface area contributed by atoms with Gasteiger partial charge in [-0.15, -0.1) is 0 Å². The van der Waals surface area contributed by atoms with Gasteiger partial charge in [0.2, 0.25) is 0 Å². The van der Waals surface area contributed by atoms with Crippen molar-refractivity contribution in [1.82, 2.24) is 0 Å². The Hall–Kier alpha value is 0.163. The molecular formula is C21H30Cl2Zr. The van der Waals surface area contributed by atoms with Crippen molar-refractivity contribution in [1.29, 1.82) is 0 Å². The summed E-state index contributed by atoms with van der Waals surface area (Å²) in [6.07, 6.45) is 5.72. The topological polar surface area (TPSA) is 0 Å². The molecule has 0 bridgehead atoms. The van der Waals surface area contributed by atoms with Crippen LogP contribution in [0, 0.1) is 41.5 Å². The first-order valence-electron chi connectivity index (χ1n) is 8.72. The second kappa shape index (κ2) is 11.0. The van der Waals surface area contributed by atoms with Gasteiger partial charge in [-0.1, -0.05) is 73.1 Å². The summed E-state index contributed by atoms with van der Waals surface area (Å²) in [5.74, 6) is 0.892. The molecule has 1 aliphatic carbocycles. The van der Waals surface area contributed by atoms with Gasteiger partial charge in [0.1, 0.15) is 0 Å². The monoisotopic (exact) mass is 442 g/mol. The third-order valence-corrected chi connectivity index (χ3v) is 5.57. The SMILES string of the molecule is C[c-]1ccc(C2CCCC2)c1.Cc1c(C)c(C)[c-](C)c1C.[Cl][Zr+2][Cl]. The van der Waals surface area contributed by atoms with Crippen molar-refractivity contribution in [3.63, 3.8) is 0 Å². The van der Waals surface area contributed by atoms with Crippen molar-refractivity contribution < 1.29 is 20.8 Å². The molecule has 0 nitrogen and oxygen atoms in total. The Morgan fingerprint density at radius 1 is 0.958 bits per heavy atom. The number of hydrogen-bond acceptors (Lipinski definition) is 0. The zero-order valence-electron chi connectivity index (χ0n) is 15.9. The molecule has 0 unspecified atom stereocenters. The van der Waals surface area contributed by atoms with Crippen LogP contribution in [0.3, 0.4) is 0 Å². The standard InChI is InChI=1S/C11H15.C10H15.2ClH.Zr/c1-9-6-7-11(8-9)10-4-2-3-5-10;1-6-7(2)9(4)10(5)8(6)3;;;/h6-8,10H,2-5H2,1H3;1-5H3;2*1H;/q2*-1;;;+4/p-2. The fourth-order valence-electron chi connectivity index (χ4n) is 3.51. The van der Waals surface area contributed by atoms with Crippen LogP contribution in [0.15, 0.2) is 18.2 Å². The molecule has 1 saturated carbocycles. The van der Waals surface area contributed by atoms with Gasteiger partial charge in [0, 0.05) is 0 Å². The quantitative estimate of drug-likeness (QED) is 0.395. The van der Waals surface area contributed by atoms with Gasteiger partial charge in [-0.2, -0.15) is 51.1 Å². The van der Waals surface area contributed by atoms with Crippen molar-refractivity contribution >= 4 is 17.0 Å². The zero-order chi connectivity index (χ0) is 18.3. The fraction of sp³-hybridized carbons (Fsp3) is 0.524. The third-order valence-electron chi connectivity index (χ3n) is 5.57. The van der Waals surface area contributed by atoms with Gasteiger partial charge >= 0.3 is 37.9 Å². The Morgan fingerprint density at radius 2 is 1.42 bits per heavy atom. The molecular weight excluding hydrogens is 414 g/mol. The van der Waals surface area contributed by atoms with Crippen LogP contribution in [-0.2, 0) is 20.8 Å². The molecule has 0 saturated heterocycles. The van der Waals surface area contributed by atoms with Crippen LogP contribution < -0.4 is 0 Å². The summed E-state index contributed by atoms with van der Waals surface area (Å²) in [4.78, 5) is 0. The first-order chi connectivity index (χ1) is 11.3. The molecule has 132 valence electrons.